The van der Waals surface area contributed by atoms with Gasteiger partial charge in [0.25, 0.3) is 0 Å². The van der Waals surface area contributed by atoms with Crippen LogP contribution >= 0.6 is 11.6 Å². The summed E-state index contributed by atoms with van der Waals surface area (Å²) in [6.07, 6.45) is 4.16. The van der Waals surface area contributed by atoms with E-state index in [2.05, 4.69) is 20.3 Å². The third-order valence-electron chi connectivity index (χ3n) is 5.33. The number of hydrogen-bond acceptors (Lipinski definition) is 6. The molecule has 3 N–H and O–H groups in total. The normalized spacial score (nSPS) is 16.5. The monoisotopic (exact) mass is 468 g/mol. The van der Waals surface area contributed by atoms with Crippen molar-refractivity contribution < 1.29 is 13.2 Å². The minimum absolute atomic E-state index is 0.0293. The highest BCUT2D eigenvalue weighted by atomic mass is 35.5. The number of aromatic nitrogens is 2. The maximum Gasteiger partial charge on any atom is 0.413 e. The average Bonchev–Trinajstić information content (AvgIpc) is 2.79. The Hall–Kier alpha value is -3.85. The first-order chi connectivity index (χ1) is 15.8. The standard InChI is InChI=1S/C23H16ClF3N6/c24-16-6-1-4-13-10-15(18(32-19(13)16)14-5-2-8-29-11-14)21(23(25,26)27)33-9-3-7-17-20(33)22(28)31-12-30-17/h1-12,21H,28H2,(H,30,31). The smallest absolute Gasteiger partial charge is 0.382 e. The Kier molecular flexibility index (Phi) is 5.05. The molecule has 0 saturated heterocycles. The lowest BCUT2D eigenvalue weighted by atomic mass is 9.95. The van der Waals surface area contributed by atoms with Crippen LogP contribution in [0.4, 0.5) is 13.2 Å². The van der Waals surface area contributed by atoms with Gasteiger partial charge in [-0.25, -0.2) is 9.98 Å². The second kappa shape index (κ2) is 7.93. The minimum Gasteiger partial charge on any atom is -0.382 e. The molecule has 2 aromatic heterocycles. The highest BCUT2D eigenvalue weighted by molar-refractivity contribution is 6.35. The van der Waals surface area contributed by atoms with Gasteiger partial charge >= 0.3 is 6.18 Å². The van der Waals surface area contributed by atoms with Crippen LogP contribution in [-0.4, -0.2) is 27.4 Å². The largest absolute Gasteiger partial charge is 0.413 e. The van der Waals surface area contributed by atoms with E-state index in [0.717, 1.165) is 4.90 Å². The summed E-state index contributed by atoms with van der Waals surface area (Å²) >= 11 is 6.32. The van der Waals surface area contributed by atoms with E-state index in [1.54, 1.807) is 42.6 Å². The maximum atomic E-state index is 14.8. The van der Waals surface area contributed by atoms with Crippen LogP contribution in [0.3, 0.4) is 0 Å². The Morgan fingerprint density at radius 1 is 1.15 bits per heavy atom. The average molecular weight is 469 g/mol. The van der Waals surface area contributed by atoms with Crippen LogP contribution in [0.25, 0.3) is 22.2 Å². The van der Waals surface area contributed by atoms with Gasteiger partial charge in [0.05, 0.1) is 28.3 Å². The molecule has 2 aliphatic rings. The molecule has 10 heteroatoms. The van der Waals surface area contributed by atoms with Crippen molar-refractivity contribution in [3.05, 3.63) is 94.9 Å². The zero-order valence-corrected chi connectivity index (χ0v) is 17.6. The van der Waals surface area contributed by atoms with Crippen LogP contribution in [0.5, 0.6) is 0 Å². The van der Waals surface area contributed by atoms with Gasteiger partial charge in [-0.1, -0.05) is 23.7 Å². The Morgan fingerprint density at radius 2 is 2.00 bits per heavy atom. The Bertz CT molecular complexity index is 1360. The fourth-order valence-corrected chi connectivity index (χ4v) is 4.19. The molecule has 1 unspecified atom stereocenters. The molecular formula is C23H16ClF3N6. The number of para-hydroxylation sites is 1. The van der Waals surface area contributed by atoms with Gasteiger partial charge in [-0.2, -0.15) is 13.2 Å². The number of rotatable bonds is 3. The molecule has 166 valence electrons. The van der Waals surface area contributed by atoms with Crippen LogP contribution in [0.1, 0.15) is 11.6 Å². The van der Waals surface area contributed by atoms with Gasteiger partial charge in [-0.3, -0.25) is 4.98 Å². The number of nitrogens with one attached hydrogen (secondary N) is 1. The molecule has 0 radical (unpaired) electrons. The van der Waals surface area contributed by atoms with Crippen molar-refractivity contribution in [2.75, 3.05) is 0 Å². The zero-order valence-electron chi connectivity index (χ0n) is 16.9. The molecular weight excluding hydrogens is 453 g/mol. The molecule has 1 atom stereocenters. The Morgan fingerprint density at radius 3 is 2.76 bits per heavy atom. The third kappa shape index (κ3) is 3.70. The fraction of sp³-hybridized carbons (Fsp3) is 0.0870. The predicted octanol–water partition coefficient (Wildman–Crippen LogP) is 5.03. The van der Waals surface area contributed by atoms with Crippen LogP contribution < -0.4 is 11.1 Å². The summed E-state index contributed by atoms with van der Waals surface area (Å²) in [7, 11) is 0. The Labute approximate surface area is 191 Å². The highest BCUT2D eigenvalue weighted by Crippen LogP contribution is 2.46. The maximum absolute atomic E-state index is 14.8. The fourth-order valence-electron chi connectivity index (χ4n) is 3.96. The van der Waals surface area contributed by atoms with Gasteiger partial charge in [-0.05, 0) is 36.4 Å². The summed E-state index contributed by atoms with van der Waals surface area (Å²) in [6, 6.07) is 7.66. The summed E-state index contributed by atoms with van der Waals surface area (Å²) in [4.78, 5) is 13.7. The number of allylic oxidation sites excluding steroid dienone is 2. The number of pyridine rings is 2. The van der Waals surface area contributed by atoms with E-state index in [4.69, 9.17) is 17.3 Å². The molecule has 0 fully saturated rings. The number of hydrogen-bond donors (Lipinski definition) is 2. The van der Waals surface area contributed by atoms with E-state index in [-0.39, 0.29) is 22.8 Å². The van der Waals surface area contributed by atoms with E-state index in [9.17, 15) is 13.2 Å². The molecule has 3 aromatic rings. The lowest BCUT2D eigenvalue weighted by Crippen LogP contribution is -2.40. The summed E-state index contributed by atoms with van der Waals surface area (Å²) in [6.45, 7) is 0. The van der Waals surface area contributed by atoms with Crippen LogP contribution in [0, 0.1) is 0 Å². The quantitative estimate of drug-likeness (QED) is 0.564. The van der Waals surface area contributed by atoms with Crippen LogP contribution in [0.15, 0.2) is 89.4 Å². The third-order valence-corrected chi connectivity index (χ3v) is 5.64. The Balaban J connectivity index is 1.80. The van der Waals surface area contributed by atoms with Crippen molar-refractivity contribution in [3.63, 3.8) is 0 Å². The second-order valence-electron chi connectivity index (χ2n) is 7.39. The molecule has 6 nitrogen and oxygen atoms in total. The molecule has 0 saturated carbocycles. The van der Waals surface area contributed by atoms with Crippen molar-refractivity contribution in [2.45, 2.75) is 12.2 Å². The van der Waals surface area contributed by atoms with Crippen molar-refractivity contribution in [1.82, 2.24) is 20.2 Å². The van der Waals surface area contributed by atoms with E-state index in [1.807, 2.05) is 0 Å². The van der Waals surface area contributed by atoms with Gasteiger partial charge in [0.2, 0.25) is 0 Å². The van der Waals surface area contributed by atoms with Crippen LogP contribution in [-0.2, 0) is 0 Å². The molecule has 0 spiro atoms. The van der Waals surface area contributed by atoms with E-state index < -0.39 is 12.2 Å². The number of halogens is 4. The highest BCUT2D eigenvalue weighted by Gasteiger charge is 2.48. The molecule has 4 heterocycles. The van der Waals surface area contributed by atoms with Gasteiger partial charge in [0.15, 0.2) is 11.9 Å². The minimum atomic E-state index is -4.69. The first-order valence-electron chi connectivity index (χ1n) is 9.87. The topological polar surface area (TPSA) is 79.4 Å². The first-order valence-corrected chi connectivity index (χ1v) is 10.2. The van der Waals surface area contributed by atoms with Gasteiger partial charge in [-0.15, -0.1) is 0 Å². The number of aliphatic imine (C=N–C) groups is 1. The number of fused-ring (bicyclic) bond motifs is 2. The summed E-state index contributed by atoms with van der Waals surface area (Å²) < 4.78 is 44.3. The lowest BCUT2D eigenvalue weighted by molar-refractivity contribution is -0.175. The van der Waals surface area contributed by atoms with Crippen molar-refractivity contribution in [1.29, 1.82) is 0 Å². The van der Waals surface area contributed by atoms with Crippen molar-refractivity contribution >= 4 is 28.8 Å². The predicted molar refractivity (Wildman–Crippen MR) is 121 cm³/mol. The van der Waals surface area contributed by atoms with Gasteiger partial charge in [0.1, 0.15) is 5.70 Å². The molecule has 2 aliphatic heterocycles. The summed E-state index contributed by atoms with van der Waals surface area (Å²) in [5.41, 5.74) is 7.46. The van der Waals surface area contributed by atoms with Crippen molar-refractivity contribution in [3.8, 4) is 11.3 Å². The summed E-state index contributed by atoms with van der Waals surface area (Å²) in [5.74, 6) is -0.0293. The lowest BCUT2D eigenvalue weighted by Gasteiger charge is -2.38. The van der Waals surface area contributed by atoms with E-state index >= 15 is 0 Å². The first kappa shape index (κ1) is 21.0. The molecule has 0 amide bonds. The number of nitrogens with zero attached hydrogens (tertiary/aromatic N) is 4. The van der Waals surface area contributed by atoms with Gasteiger partial charge in [0, 0.05) is 35.1 Å². The summed E-state index contributed by atoms with van der Waals surface area (Å²) in [5, 5.41) is 3.68. The molecule has 5 rings (SSSR count). The molecule has 33 heavy (non-hydrogen) atoms. The second-order valence-corrected chi connectivity index (χ2v) is 7.80. The molecule has 1 aromatic carbocycles. The molecule has 0 aliphatic carbocycles. The number of nitrogens with two attached hydrogens (primary N) is 1. The van der Waals surface area contributed by atoms with Crippen molar-refractivity contribution in [2.24, 2.45) is 10.7 Å². The SMILES string of the molecule is NC1=C2C(=CC=CN2C(c2cc3cccc(Cl)c3nc2-c2cccnc2)C(F)(F)F)NC=N1. The van der Waals surface area contributed by atoms with Crippen LogP contribution in [0.2, 0.25) is 5.02 Å². The number of benzene rings is 1. The zero-order chi connectivity index (χ0) is 23.2. The van der Waals surface area contributed by atoms with Gasteiger partial charge < -0.3 is 16.0 Å². The van der Waals surface area contributed by atoms with E-state index in [0.29, 0.717) is 27.2 Å². The number of alkyl halides is 3. The van der Waals surface area contributed by atoms with E-state index in [1.165, 1.54) is 30.9 Å². The molecule has 0 bridgehead atoms.